The van der Waals surface area contributed by atoms with E-state index in [1.165, 1.54) is 22.3 Å². The summed E-state index contributed by atoms with van der Waals surface area (Å²) in [5, 5.41) is 2.73. The van der Waals surface area contributed by atoms with Crippen molar-refractivity contribution < 1.29 is 9.53 Å². The lowest BCUT2D eigenvalue weighted by Crippen LogP contribution is -2.41. The van der Waals surface area contributed by atoms with E-state index in [0.29, 0.717) is 13.0 Å². The molecule has 1 unspecified atom stereocenters. The van der Waals surface area contributed by atoms with Crippen LogP contribution in [0.3, 0.4) is 0 Å². The summed E-state index contributed by atoms with van der Waals surface area (Å²) >= 11 is 0. The molecule has 0 fully saturated rings. The molecule has 2 rings (SSSR count). The van der Waals surface area contributed by atoms with Crippen LogP contribution in [0.4, 0.5) is 4.79 Å². The Bertz CT molecular complexity index is 746. The number of nitrogens with two attached hydrogens (primary N) is 1. The molecule has 4 heteroatoms. The first kappa shape index (κ1) is 20.0. The normalized spacial score (nSPS) is 12.5. The third-order valence-electron chi connectivity index (χ3n) is 4.06. The van der Waals surface area contributed by atoms with Crippen LogP contribution in [0.5, 0.6) is 0 Å². The molecular formula is C22H30N2O2. The van der Waals surface area contributed by atoms with E-state index in [2.05, 4.69) is 61.6 Å². The maximum atomic E-state index is 11.7. The van der Waals surface area contributed by atoms with Crippen molar-refractivity contribution in [3.8, 4) is 11.1 Å². The first-order chi connectivity index (χ1) is 12.1. The Morgan fingerprint density at radius 3 is 2.35 bits per heavy atom. The van der Waals surface area contributed by atoms with Gasteiger partial charge in [0.2, 0.25) is 0 Å². The number of hydrogen-bond acceptors (Lipinski definition) is 3. The van der Waals surface area contributed by atoms with E-state index in [1.807, 2.05) is 20.8 Å². The predicted octanol–water partition coefficient (Wildman–Crippen LogP) is 4.36. The Labute approximate surface area is 156 Å². The molecule has 0 aromatic heterocycles. The molecule has 3 N–H and O–H groups in total. The van der Waals surface area contributed by atoms with Gasteiger partial charge in [-0.3, -0.25) is 0 Å². The Morgan fingerprint density at radius 1 is 1.12 bits per heavy atom. The molecular weight excluding hydrogens is 324 g/mol. The first-order valence-electron chi connectivity index (χ1n) is 9.03. The maximum absolute atomic E-state index is 11.7. The number of carbonyl (C=O) groups is 1. The predicted molar refractivity (Wildman–Crippen MR) is 107 cm³/mol. The standard InChI is InChI=1S/C22H30N2O2/c1-15-6-9-18(10-7-15)20-11-8-17(12-16(20)2)13-19(23)14-24-21(25)26-22(3,4)5/h6-12,19H,13-14,23H2,1-5H3,(H,24,25). The van der Waals surface area contributed by atoms with Crippen molar-refractivity contribution in [2.45, 2.75) is 52.7 Å². The van der Waals surface area contributed by atoms with Crippen molar-refractivity contribution in [3.63, 3.8) is 0 Å². The quantitative estimate of drug-likeness (QED) is 0.838. The third kappa shape index (κ3) is 6.19. The van der Waals surface area contributed by atoms with Gasteiger partial charge in [0, 0.05) is 12.6 Å². The molecule has 0 spiro atoms. The monoisotopic (exact) mass is 354 g/mol. The molecule has 2 aromatic carbocycles. The zero-order chi connectivity index (χ0) is 19.3. The van der Waals surface area contributed by atoms with Gasteiger partial charge in [0.15, 0.2) is 0 Å². The van der Waals surface area contributed by atoms with Crippen LogP contribution in [0, 0.1) is 13.8 Å². The molecule has 140 valence electrons. The van der Waals surface area contributed by atoms with E-state index >= 15 is 0 Å². The fraction of sp³-hybridized carbons (Fsp3) is 0.409. The minimum absolute atomic E-state index is 0.160. The summed E-state index contributed by atoms with van der Waals surface area (Å²) < 4.78 is 5.22. The number of hydrogen-bond donors (Lipinski definition) is 2. The second-order valence-corrected chi connectivity index (χ2v) is 7.86. The van der Waals surface area contributed by atoms with Gasteiger partial charge in [-0.05, 0) is 63.3 Å². The average molecular weight is 354 g/mol. The number of alkyl carbamates (subject to hydrolysis) is 1. The number of ether oxygens (including phenoxy) is 1. The van der Waals surface area contributed by atoms with Gasteiger partial charge in [-0.25, -0.2) is 4.79 Å². The Kier molecular flexibility index (Phi) is 6.43. The largest absolute Gasteiger partial charge is 0.444 e. The average Bonchev–Trinajstić information content (AvgIpc) is 2.53. The SMILES string of the molecule is Cc1ccc(-c2ccc(CC(N)CNC(=O)OC(C)(C)C)cc2C)cc1. The van der Waals surface area contributed by atoms with E-state index in [1.54, 1.807) is 0 Å². The van der Waals surface area contributed by atoms with Crippen LogP contribution in [0.2, 0.25) is 0 Å². The molecule has 0 radical (unpaired) electrons. The third-order valence-corrected chi connectivity index (χ3v) is 4.06. The molecule has 0 aliphatic heterocycles. The molecule has 4 nitrogen and oxygen atoms in total. The highest BCUT2D eigenvalue weighted by atomic mass is 16.6. The van der Waals surface area contributed by atoms with Gasteiger partial charge in [-0.1, -0.05) is 48.0 Å². The fourth-order valence-corrected chi connectivity index (χ4v) is 2.81. The van der Waals surface area contributed by atoms with E-state index < -0.39 is 11.7 Å². The van der Waals surface area contributed by atoms with Crippen LogP contribution in [0.1, 0.15) is 37.5 Å². The van der Waals surface area contributed by atoms with Crippen LogP contribution in [0.15, 0.2) is 42.5 Å². The lowest BCUT2D eigenvalue weighted by atomic mass is 9.96. The summed E-state index contributed by atoms with van der Waals surface area (Å²) in [6.45, 7) is 10.1. The second kappa shape index (κ2) is 8.37. The van der Waals surface area contributed by atoms with Crippen molar-refractivity contribution in [1.82, 2.24) is 5.32 Å². The van der Waals surface area contributed by atoms with Gasteiger partial charge in [0.1, 0.15) is 5.60 Å². The summed E-state index contributed by atoms with van der Waals surface area (Å²) in [7, 11) is 0. The van der Waals surface area contributed by atoms with Gasteiger partial charge in [-0.15, -0.1) is 0 Å². The van der Waals surface area contributed by atoms with Crippen molar-refractivity contribution in [2.75, 3.05) is 6.54 Å². The molecule has 1 atom stereocenters. The van der Waals surface area contributed by atoms with Crippen LogP contribution >= 0.6 is 0 Å². The van der Waals surface area contributed by atoms with E-state index in [0.717, 1.165) is 5.56 Å². The Morgan fingerprint density at radius 2 is 1.77 bits per heavy atom. The lowest BCUT2D eigenvalue weighted by molar-refractivity contribution is 0.0524. The van der Waals surface area contributed by atoms with Crippen molar-refractivity contribution in [2.24, 2.45) is 5.73 Å². The zero-order valence-electron chi connectivity index (χ0n) is 16.4. The first-order valence-corrected chi connectivity index (χ1v) is 9.03. The minimum Gasteiger partial charge on any atom is -0.444 e. The summed E-state index contributed by atoms with van der Waals surface area (Å²) in [6.07, 6.45) is 0.268. The molecule has 0 aliphatic carbocycles. The molecule has 1 amide bonds. The molecule has 0 bridgehead atoms. The highest BCUT2D eigenvalue weighted by Gasteiger charge is 2.16. The van der Waals surface area contributed by atoms with Crippen LogP contribution < -0.4 is 11.1 Å². The van der Waals surface area contributed by atoms with Gasteiger partial charge in [-0.2, -0.15) is 0 Å². The summed E-state index contributed by atoms with van der Waals surface area (Å²) in [5.41, 5.74) is 11.8. The van der Waals surface area contributed by atoms with Gasteiger partial charge in [0.05, 0.1) is 0 Å². The van der Waals surface area contributed by atoms with Gasteiger partial charge in [0.25, 0.3) is 0 Å². The summed E-state index contributed by atoms with van der Waals surface area (Å²) in [5.74, 6) is 0. The summed E-state index contributed by atoms with van der Waals surface area (Å²) in [4.78, 5) is 11.7. The minimum atomic E-state index is -0.503. The van der Waals surface area contributed by atoms with Crippen LogP contribution in [-0.2, 0) is 11.2 Å². The number of carbonyl (C=O) groups excluding carboxylic acids is 1. The second-order valence-electron chi connectivity index (χ2n) is 7.86. The smallest absolute Gasteiger partial charge is 0.407 e. The van der Waals surface area contributed by atoms with Gasteiger partial charge >= 0.3 is 6.09 Å². The molecule has 0 aliphatic rings. The molecule has 0 saturated carbocycles. The highest BCUT2D eigenvalue weighted by Crippen LogP contribution is 2.25. The van der Waals surface area contributed by atoms with Crippen LogP contribution in [-0.4, -0.2) is 24.3 Å². The molecule has 0 saturated heterocycles. The van der Waals surface area contributed by atoms with E-state index in [-0.39, 0.29) is 6.04 Å². The highest BCUT2D eigenvalue weighted by molar-refractivity contribution is 5.68. The Balaban J connectivity index is 1.94. The fourth-order valence-electron chi connectivity index (χ4n) is 2.81. The number of amides is 1. The Hall–Kier alpha value is -2.33. The molecule has 26 heavy (non-hydrogen) atoms. The van der Waals surface area contributed by atoms with Crippen LogP contribution in [0.25, 0.3) is 11.1 Å². The zero-order valence-corrected chi connectivity index (χ0v) is 16.4. The van der Waals surface area contributed by atoms with Crippen molar-refractivity contribution in [3.05, 3.63) is 59.2 Å². The van der Waals surface area contributed by atoms with Crippen molar-refractivity contribution >= 4 is 6.09 Å². The van der Waals surface area contributed by atoms with Gasteiger partial charge < -0.3 is 15.8 Å². The number of rotatable bonds is 5. The lowest BCUT2D eigenvalue weighted by Gasteiger charge is -2.21. The number of nitrogens with one attached hydrogen (secondary N) is 1. The van der Waals surface area contributed by atoms with E-state index in [4.69, 9.17) is 10.5 Å². The molecule has 2 aromatic rings. The number of aryl methyl sites for hydroxylation is 2. The summed E-state index contributed by atoms with van der Waals surface area (Å²) in [6, 6.07) is 14.8. The topological polar surface area (TPSA) is 64.3 Å². The van der Waals surface area contributed by atoms with E-state index in [9.17, 15) is 4.79 Å². The number of benzene rings is 2. The molecule has 0 heterocycles. The maximum Gasteiger partial charge on any atom is 0.407 e. The van der Waals surface area contributed by atoms with Crippen molar-refractivity contribution in [1.29, 1.82) is 0 Å².